The Morgan fingerprint density at radius 2 is 1.85 bits per heavy atom. The van der Waals surface area contributed by atoms with Crippen LogP contribution in [0.5, 0.6) is 5.75 Å². The number of hydrogen-bond acceptors (Lipinski definition) is 7. The van der Waals surface area contributed by atoms with Gasteiger partial charge in [0.2, 0.25) is 5.91 Å². The second kappa shape index (κ2) is 10.8. The fourth-order valence-corrected chi connectivity index (χ4v) is 4.04. The molecule has 34 heavy (non-hydrogen) atoms. The van der Waals surface area contributed by atoms with Gasteiger partial charge in [-0.1, -0.05) is 12.1 Å². The van der Waals surface area contributed by atoms with Gasteiger partial charge in [0.15, 0.2) is 5.82 Å². The molecule has 0 spiro atoms. The molecule has 0 radical (unpaired) electrons. The van der Waals surface area contributed by atoms with Crippen molar-refractivity contribution in [2.24, 2.45) is 5.92 Å². The second-order valence-electron chi connectivity index (χ2n) is 8.05. The van der Waals surface area contributed by atoms with E-state index in [1.807, 2.05) is 36.4 Å². The van der Waals surface area contributed by atoms with Crippen LogP contribution in [0.2, 0.25) is 0 Å². The zero-order valence-electron chi connectivity index (χ0n) is 19.4. The van der Waals surface area contributed by atoms with Crippen molar-refractivity contribution in [3.8, 4) is 17.0 Å². The molecule has 2 aromatic carbocycles. The summed E-state index contributed by atoms with van der Waals surface area (Å²) in [6.07, 6.45) is 1.69. The third kappa shape index (κ3) is 5.33. The molecule has 0 saturated carbocycles. The number of benzene rings is 2. The van der Waals surface area contributed by atoms with Crippen molar-refractivity contribution in [2.45, 2.75) is 19.8 Å². The Labute approximate surface area is 198 Å². The van der Waals surface area contributed by atoms with Gasteiger partial charge in [-0.2, -0.15) is 0 Å². The summed E-state index contributed by atoms with van der Waals surface area (Å²) in [4.78, 5) is 26.8. The van der Waals surface area contributed by atoms with E-state index in [0.29, 0.717) is 24.4 Å². The molecule has 8 nitrogen and oxygen atoms in total. The van der Waals surface area contributed by atoms with Gasteiger partial charge in [-0.15, -0.1) is 10.2 Å². The van der Waals surface area contributed by atoms with Gasteiger partial charge in [0.1, 0.15) is 5.75 Å². The number of carbonyl (C=O) groups is 2. The number of esters is 1. The number of hydrogen-bond donors (Lipinski definition) is 1. The van der Waals surface area contributed by atoms with Crippen LogP contribution in [0.25, 0.3) is 11.3 Å². The molecule has 1 unspecified atom stereocenters. The third-order valence-electron chi connectivity index (χ3n) is 5.81. The summed E-state index contributed by atoms with van der Waals surface area (Å²) < 4.78 is 10.4. The lowest BCUT2D eigenvalue weighted by molar-refractivity contribution is -0.120. The van der Waals surface area contributed by atoms with Crippen LogP contribution < -0.4 is 15.0 Å². The van der Waals surface area contributed by atoms with E-state index in [1.54, 1.807) is 38.3 Å². The van der Waals surface area contributed by atoms with Gasteiger partial charge in [-0.25, -0.2) is 4.79 Å². The number of carbonyl (C=O) groups excluding carboxylic acids is 2. The molecule has 8 heteroatoms. The van der Waals surface area contributed by atoms with Gasteiger partial charge in [-0.3, -0.25) is 4.79 Å². The number of amides is 1. The Balaban J connectivity index is 1.39. The molecule has 1 aromatic heterocycles. The van der Waals surface area contributed by atoms with E-state index in [4.69, 9.17) is 9.47 Å². The molecule has 4 rings (SSSR count). The number of methoxy groups -OCH3 is 1. The normalized spacial score (nSPS) is 15.5. The average molecular weight is 461 g/mol. The smallest absolute Gasteiger partial charge is 0.338 e. The van der Waals surface area contributed by atoms with E-state index < -0.39 is 0 Å². The van der Waals surface area contributed by atoms with E-state index in [-0.39, 0.29) is 17.8 Å². The molecule has 1 aliphatic heterocycles. The number of rotatable bonds is 7. The minimum absolute atomic E-state index is 0.0489. The highest BCUT2D eigenvalue weighted by atomic mass is 16.5. The summed E-state index contributed by atoms with van der Waals surface area (Å²) in [7, 11) is 1.63. The van der Waals surface area contributed by atoms with E-state index in [2.05, 4.69) is 20.4 Å². The third-order valence-corrected chi connectivity index (χ3v) is 5.81. The zero-order valence-corrected chi connectivity index (χ0v) is 19.4. The SMILES string of the molecule is CCOC(=O)c1ccc(NC(=O)C2CCCN(c3ccc(-c4ccccc4OC)nn3)C2)cc1. The maximum absolute atomic E-state index is 12.9. The Hall–Kier alpha value is -3.94. The molecule has 1 fully saturated rings. The highest BCUT2D eigenvalue weighted by Crippen LogP contribution is 2.29. The number of piperidine rings is 1. The minimum atomic E-state index is -0.374. The van der Waals surface area contributed by atoms with Crippen LogP contribution in [0.1, 0.15) is 30.1 Å². The Morgan fingerprint density at radius 3 is 2.56 bits per heavy atom. The standard InChI is InChI=1S/C26H28N4O4/c1-3-34-26(32)18-10-12-20(13-11-18)27-25(31)19-7-6-16-30(17-19)24-15-14-22(28-29-24)21-8-4-5-9-23(21)33-2/h4-5,8-15,19H,3,6-7,16-17H2,1-2H3,(H,27,31). The molecule has 2 heterocycles. The average Bonchev–Trinajstić information content (AvgIpc) is 2.89. The number of aromatic nitrogens is 2. The topological polar surface area (TPSA) is 93.7 Å². The van der Waals surface area contributed by atoms with E-state index >= 15 is 0 Å². The maximum atomic E-state index is 12.9. The molecule has 0 aliphatic carbocycles. The van der Waals surface area contributed by atoms with E-state index in [1.165, 1.54) is 0 Å². The Kier molecular flexibility index (Phi) is 7.37. The fourth-order valence-electron chi connectivity index (χ4n) is 4.04. The quantitative estimate of drug-likeness (QED) is 0.529. The summed E-state index contributed by atoms with van der Waals surface area (Å²) in [5.41, 5.74) is 2.72. The lowest BCUT2D eigenvalue weighted by Crippen LogP contribution is -2.41. The number of anilines is 2. The fraction of sp³-hybridized carbons (Fsp3) is 0.308. The van der Waals surface area contributed by atoms with E-state index in [9.17, 15) is 9.59 Å². The predicted octanol–water partition coefficient (Wildman–Crippen LogP) is 4.18. The molecular formula is C26H28N4O4. The molecular weight excluding hydrogens is 432 g/mol. The van der Waals surface area contributed by atoms with Gasteiger partial charge in [0.05, 0.1) is 30.9 Å². The van der Waals surface area contributed by atoms with Gasteiger partial charge < -0.3 is 19.7 Å². The number of para-hydroxylation sites is 1. The van der Waals surface area contributed by atoms with Crippen molar-refractivity contribution in [3.05, 3.63) is 66.2 Å². The first kappa shape index (κ1) is 23.2. The summed E-state index contributed by atoms with van der Waals surface area (Å²) in [5.74, 6) is 0.895. The lowest BCUT2D eigenvalue weighted by atomic mass is 9.97. The highest BCUT2D eigenvalue weighted by molar-refractivity contribution is 5.94. The minimum Gasteiger partial charge on any atom is -0.496 e. The van der Waals surface area contributed by atoms with E-state index in [0.717, 1.165) is 42.2 Å². The number of ether oxygens (including phenoxy) is 2. The van der Waals surface area contributed by atoms with Crippen LogP contribution >= 0.6 is 0 Å². The molecule has 0 bridgehead atoms. The molecule has 1 saturated heterocycles. The van der Waals surface area contributed by atoms with Crippen LogP contribution in [0.4, 0.5) is 11.5 Å². The van der Waals surface area contributed by atoms with Crippen molar-refractivity contribution < 1.29 is 19.1 Å². The Morgan fingerprint density at radius 1 is 1.06 bits per heavy atom. The van der Waals surface area contributed by atoms with Crippen molar-refractivity contribution >= 4 is 23.4 Å². The second-order valence-corrected chi connectivity index (χ2v) is 8.05. The molecule has 176 valence electrons. The Bertz CT molecular complexity index is 1130. The van der Waals surface area contributed by atoms with Gasteiger partial charge in [0.25, 0.3) is 0 Å². The largest absolute Gasteiger partial charge is 0.496 e. The summed E-state index contributed by atoms with van der Waals surface area (Å²) >= 11 is 0. The van der Waals surface area contributed by atoms with Crippen molar-refractivity contribution in [2.75, 3.05) is 37.0 Å². The van der Waals surface area contributed by atoms with Gasteiger partial charge in [0, 0.05) is 24.3 Å². The molecule has 1 atom stereocenters. The first-order valence-corrected chi connectivity index (χ1v) is 11.4. The molecule has 1 aliphatic rings. The maximum Gasteiger partial charge on any atom is 0.338 e. The van der Waals surface area contributed by atoms with Crippen LogP contribution in [0.3, 0.4) is 0 Å². The van der Waals surface area contributed by atoms with Crippen molar-refractivity contribution in [3.63, 3.8) is 0 Å². The van der Waals surface area contributed by atoms with Gasteiger partial charge in [-0.05, 0) is 68.3 Å². The predicted molar refractivity (Wildman–Crippen MR) is 130 cm³/mol. The van der Waals surface area contributed by atoms with Crippen LogP contribution in [0, 0.1) is 5.92 Å². The zero-order chi connectivity index (χ0) is 23.9. The summed E-state index contributed by atoms with van der Waals surface area (Å²) in [6, 6.07) is 18.3. The monoisotopic (exact) mass is 460 g/mol. The molecule has 1 N–H and O–H groups in total. The molecule has 1 amide bonds. The first-order chi connectivity index (χ1) is 16.6. The van der Waals surface area contributed by atoms with Crippen LogP contribution in [-0.4, -0.2) is 48.9 Å². The van der Waals surface area contributed by atoms with Gasteiger partial charge >= 0.3 is 5.97 Å². The summed E-state index contributed by atoms with van der Waals surface area (Å²) in [5, 5.41) is 11.8. The summed E-state index contributed by atoms with van der Waals surface area (Å²) in [6.45, 7) is 3.47. The number of nitrogens with one attached hydrogen (secondary N) is 1. The van der Waals surface area contributed by atoms with Crippen LogP contribution in [-0.2, 0) is 9.53 Å². The number of nitrogens with zero attached hydrogens (tertiary/aromatic N) is 3. The van der Waals surface area contributed by atoms with Crippen molar-refractivity contribution in [1.82, 2.24) is 10.2 Å². The molecule has 3 aromatic rings. The lowest BCUT2D eigenvalue weighted by Gasteiger charge is -2.32. The first-order valence-electron chi connectivity index (χ1n) is 11.4. The van der Waals surface area contributed by atoms with Crippen molar-refractivity contribution in [1.29, 1.82) is 0 Å². The van der Waals surface area contributed by atoms with Crippen LogP contribution in [0.15, 0.2) is 60.7 Å². The highest BCUT2D eigenvalue weighted by Gasteiger charge is 2.27.